The molecule has 0 saturated carbocycles. The van der Waals surface area contributed by atoms with Crippen LogP contribution in [0, 0.1) is 13.8 Å². The summed E-state index contributed by atoms with van der Waals surface area (Å²) < 4.78 is 0. The Balaban J connectivity index is 2.40. The molecule has 1 nitrogen and oxygen atoms in total. The highest BCUT2D eigenvalue weighted by Crippen LogP contribution is 2.35. The molecule has 0 unspecified atom stereocenters. The normalized spacial score (nSPS) is 10.9. The van der Waals surface area contributed by atoms with E-state index in [4.69, 9.17) is 11.6 Å². The van der Waals surface area contributed by atoms with Crippen LogP contribution in [0.2, 0.25) is 5.02 Å². The van der Waals surface area contributed by atoms with Gasteiger partial charge >= 0.3 is 0 Å². The molecule has 1 heterocycles. The number of aromatic nitrogens is 1. The molecule has 0 aliphatic rings. The standard InChI is InChI=1S/C17H14ClN/c1-11-5-3-8-15(18)16(11)14-7-4-6-13-10-9-12(2)19-17(13)14/h3-10H,1-2H3. The van der Waals surface area contributed by atoms with Gasteiger partial charge in [0, 0.05) is 27.2 Å². The topological polar surface area (TPSA) is 12.9 Å². The molecule has 0 bridgehead atoms. The van der Waals surface area contributed by atoms with Crippen molar-refractivity contribution in [2.45, 2.75) is 13.8 Å². The van der Waals surface area contributed by atoms with E-state index in [1.807, 2.05) is 25.1 Å². The third-order valence-electron chi connectivity index (χ3n) is 3.35. The second-order valence-electron chi connectivity index (χ2n) is 4.76. The van der Waals surface area contributed by atoms with E-state index in [1.165, 1.54) is 5.56 Å². The molecule has 0 fully saturated rings. The van der Waals surface area contributed by atoms with Crippen LogP contribution in [0.3, 0.4) is 0 Å². The van der Waals surface area contributed by atoms with Gasteiger partial charge in [0.1, 0.15) is 0 Å². The summed E-state index contributed by atoms with van der Waals surface area (Å²) in [5, 5.41) is 1.92. The number of rotatable bonds is 1. The third kappa shape index (κ3) is 2.11. The summed E-state index contributed by atoms with van der Waals surface area (Å²) >= 11 is 6.38. The number of nitrogens with zero attached hydrogens (tertiary/aromatic N) is 1. The van der Waals surface area contributed by atoms with Crippen molar-refractivity contribution in [2.75, 3.05) is 0 Å². The first kappa shape index (κ1) is 12.2. The molecule has 94 valence electrons. The summed E-state index contributed by atoms with van der Waals surface area (Å²) in [6.07, 6.45) is 0. The van der Waals surface area contributed by atoms with Gasteiger partial charge < -0.3 is 0 Å². The number of aryl methyl sites for hydroxylation is 2. The van der Waals surface area contributed by atoms with Gasteiger partial charge in [-0.3, -0.25) is 4.98 Å². The van der Waals surface area contributed by atoms with Gasteiger partial charge in [-0.25, -0.2) is 0 Å². The number of para-hydroxylation sites is 1. The summed E-state index contributed by atoms with van der Waals surface area (Å²) in [4.78, 5) is 4.68. The summed E-state index contributed by atoms with van der Waals surface area (Å²) in [7, 11) is 0. The van der Waals surface area contributed by atoms with E-state index in [0.717, 1.165) is 32.7 Å². The van der Waals surface area contributed by atoms with Crippen molar-refractivity contribution in [3.8, 4) is 11.1 Å². The Bertz CT molecular complexity index is 742. The van der Waals surface area contributed by atoms with Gasteiger partial charge in [-0.15, -0.1) is 0 Å². The first-order chi connectivity index (χ1) is 9.16. The average molecular weight is 268 g/mol. The predicted octanol–water partition coefficient (Wildman–Crippen LogP) is 5.17. The van der Waals surface area contributed by atoms with Crippen LogP contribution in [0.25, 0.3) is 22.0 Å². The molecule has 2 aromatic carbocycles. The van der Waals surface area contributed by atoms with E-state index in [-0.39, 0.29) is 0 Å². The number of hydrogen-bond donors (Lipinski definition) is 0. The molecule has 0 aliphatic carbocycles. The number of halogens is 1. The Hall–Kier alpha value is -1.86. The molecular weight excluding hydrogens is 254 g/mol. The lowest BCUT2D eigenvalue weighted by Crippen LogP contribution is -1.90. The Labute approximate surface area is 117 Å². The zero-order chi connectivity index (χ0) is 13.4. The van der Waals surface area contributed by atoms with Crippen LogP contribution < -0.4 is 0 Å². The van der Waals surface area contributed by atoms with E-state index >= 15 is 0 Å². The smallest absolute Gasteiger partial charge is 0.0784 e. The van der Waals surface area contributed by atoms with E-state index in [1.54, 1.807) is 0 Å². The number of pyridine rings is 1. The maximum absolute atomic E-state index is 6.38. The lowest BCUT2D eigenvalue weighted by molar-refractivity contribution is 1.25. The molecule has 0 radical (unpaired) electrons. The van der Waals surface area contributed by atoms with Crippen molar-refractivity contribution >= 4 is 22.5 Å². The lowest BCUT2D eigenvalue weighted by atomic mass is 9.98. The van der Waals surface area contributed by atoms with E-state index in [2.05, 4.69) is 42.2 Å². The summed E-state index contributed by atoms with van der Waals surface area (Å²) in [6.45, 7) is 4.09. The summed E-state index contributed by atoms with van der Waals surface area (Å²) in [6, 6.07) is 16.3. The van der Waals surface area contributed by atoms with Crippen molar-refractivity contribution in [3.05, 3.63) is 64.8 Å². The van der Waals surface area contributed by atoms with Crippen LogP contribution in [0.1, 0.15) is 11.3 Å². The van der Waals surface area contributed by atoms with Crippen molar-refractivity contribution < 1.29 is 0 Å². The highest BCUT2D eigenvalue weighted by Gasteiger charge is 2.11. The van der Waals surface area contributed by atoms with Crippen molar-refractivity contribution in [1.82, 2.24) is 4.98 Å². The second kappa shape index (κ2) is 4.67. The largest absolute Gasteiger partial charge is 0.252 e. The average Bonchev–Trinajstić information content (AvgIpc) is 2.39. The van der Waals surface area contributed by atoms with Crippen molar-refractivity contribution in [2.24, 2.45) is 0 Å². The summed E-state index contributed by atoms with van der Waals surface area (Å²) in [5.74, 6) is 0. The monoisotopic (exact) mass is 267 g/mol. The van der Waals surface area contributed by atoms with Crippen molar-refractivity contribution in [3.63, 3.8) is 0 Å². The van der Waals surface area contributed by atoms with Gasteiger partial charge in [0.2, 0.25) is 0 Å². The third-order valence-corrected chi connectivity index (χ3v) is 3.67. The quantitative estimate of drug-likeness (QED) is 0.593. The van der Waals surface area contributed by atoms with Crippen LogP contribution in [-0.4, -0.2) is 4.98 Å². The molecule has 0 saturated heterocycles. The van der Waals surface area contributed by atoms with Crippen LogP contribution >= 0.6 is 11.6 Å². The van der Waals surface area contributed by atoms with Crippen LogP contribution in [-0.2, 0) is 0 Å². The minimum atomic E-state index is 0.774. The molecule has 1 aromatic heterocycles. The Morgan fingerprint density at radius 1 is 0.895 bits per heavy atom. The Morgan fingerprint density at radius 2 is 1.68 bits per heavy atom. The Morgan fingerprint density at radius 3 is 2.47 bits per heavy atom. The van der Waals surface area contributed by atoms with E-state index in [9.17, 15) is 0 Å². The zero-order valence-electron chi connectivity index (χ0n) is 10.9. The molecule has 3 rings (SSSR count). The lowest BCUT2D eigenvalue weighted by Gasteiger charge is -2.11. The van der Waals surface area contributed by atoms with Crippen LogP contribution in [0.4, 0.5) is 0 Å². The van der Waals surface area contributed by atoms with Gasteiger partial charge in [0.05, 0.1) is 5.52 Å². The van der Waals surface area contributed by atoms with Crippen molar-refractivity contribution in [1.29, 1.82) is 0 Å². The zero-order valence-corrected chi connectivity index (χ0v) is 11.7. The molecule has 2 heteroatoms. The molecule has 0 atom stereocenters. The van der Waals surface area contributed by atoms with Gasteiger partial charge in [0.25, 0.3) is 0 Å². The Kier molecular flexibility index (Phi) is 3.00. The van der Waals surface area contributed by atoms with Crippen LogP contribution in [0.5, 0.6) is 0 Å². The molecule has 19 heavy (non-hydrogen) atoms. The summed E-state index contributed by atoms with van der Waals surface area (Å²) in [5.41, 5.74) is 5.38. The minimum absolute atomic E-state index is 0.774. The molecule has 0 spiro atoms. The molecule has 0 aliphatic heterocycles. The maximum Gasteiger partial charge on any atom is 0.0784 e. The number of hydrogen-bond acceptors (Lipinski definition) is 1. The first-order valence-electron chi connectivity index (χ1n) is 6.28. The SMILES string of the molecule is Cc1ccc2cccc(-c3c(C)cccc3Cl)c2n1. The van der Waals surface area contributed by atoms with E-state index in [0.29, 0.717) is 0 Å². The molecular formula is C17H14ClN. The highest BCUT2D eigenvalue weighted by atomic mass is 35.5. The highest BCUT2D eigenvalue weighted by molar-refractivity contribution is 6.33. The fraction of sp³-hybridized carbons (Fsp3) is 0.118. The fourth-order valence-electron chi connectivity index (χ4n) is 2.42. The predicted molar refractivity (Wildman–Crippen MR) is 81.7 cm³/mol. The first-order valence-corrected chi connectivity index (χ1v) is 6.66. The molecule has 0 N–H and O–H groups in total. The molecule has 3 aromatic rings. The second-order valence-corrected chi connectivity index (χ2v) is 5.17. The fourth-order valence-corrected chi connectivity index (χ4v) is 2.74. The van der Waals surface area contributed by atoms with Gasteiger partial charge in [-0.1, -0.05) is 48.0 Å². The van der Waals surface area contributed by atoms with E-state index < -0.39 is 0 Å². The minimum Gasteiger partial charge on any atom is -0.252 e. The number of fused-ring (bicyclic) bond motifs is 1. The van der Waals surface area contributed by atoms with Gasteiger partial charge in [-0.2, -0.15) is 0 Å². The number of benzene rings is 2. The van der Waals surface area contributed by atoms with Gasteiger partial charge in [-0.05, 0) is 31.5 Å². The van der Waals surface area contributed by atoms with Gasteiger partial charge in [0.15, 0.2) is 0 Å². The maximum atomic E-state index is 6.38. The molecule has 0 amide bonds. The van der Waals surface area contributed by atoms with Crippen LogP contribution in [0.15, 0.2) is 48.5 Å².